The Labute approximate surface area is 112 Å². The van der Waals surface area contributed by atoms with E-state index in [0.29, 0.717) is 19.7 Å². The monoisotopic (exact) mass is 286 g/mol. The molecule has 1 aliphatic rings. The minimum Gasteiger partial charge on any atom is -0.394 e. The van der Waals surface area contributed by atoms with Crippen molar-refractivity contribution in [3.63, 3.8) is 0 Å². The van der Waals surface area contributed by atoms with E-state index in [-0.39, 0.29) is 18.0 Å². The quantitative estimate of drug-likeness (QED) is 0.780. The van der Waals surface area contributed by atoms with Gasteiger partial charge in [-0.25, -0.2) is 8.42 Å². The van der Waals surface area contributed by atoms with Gasteiger partial charge in [0.25, 0.3) is 0 Å². The normalized spacial score (nSPS) is 21.5. The average molecular weight is 286 g/mol. The summed E-state index contributed by atoms with van der Waals surface area (Å²) in [6.45, 7) is 0.975. The molecule has 0 radical (unpaired) electrons. The zero-order chi connectivity index (χ0) is 13.9. The van der Waals surface area contributed by atoms with Crippen LogP contribution in [-0.4, -0.2) is 50.2 Å². The van der Waals surface area contributed by atoms with Gasteiger partial charge in [-0.2, -0.15) is 4.31 Å². The molecule has 1 fully saturated rings. The molecule has 1 aromatic rings. The van der Waals surface area contributed by atoms with Gasteiger partial charge in [0.1, 0.15) is 0 Å². The smallest absolute Gasteiger partial charge is 0.243 e. The summed E-state index contributed by atoms with van der Waals surface area (Å²) >= 11 is 0. The number of hydrogen-bond acceptors (Lipinski definition) is 5. The van der Waals surface area contributed by atoms with Crippen LogP contribution >= 0.6 is 0 Å². The Morgan fingerprint density at radius 3 is 2.63 bits per heavy atom. The van der Waals surface area contributed by atoms with Gasteiger partial charge in [0.2, 0.25) is 10.0 Å². The highest BCUT2D eigenvalue weighted by molar-refractivity contribution is 7.89. The zero-order valence-corrected chi connectivity index (χ0v) is 11.3. The van der Waals surface area contributed by atoms with E-state index in [1.54, 1.807) is 24.3 Å². The molecule has 2 rings (SSSR count). The van der Waals surface area contributed by atoms with E-state index in [9.17, 15) is 8.42 Å². The molecule has 1 aromatic carbocycles. The van der Waals surface area contributed by atoms with E-state index in [2.05, 4.69) is 0 Å². The molecule has 0 spiro atoms. The predicted molar refractivity (Wildman–Crippen MR) is 69.9 cm³/mol. The van der Waals surface area contributed by atoms with Gasteiger partial charge >= 0.3 is 0 Å². The summed E-state index contributed by atoms with van der Waals surface area (Å²) in [5.41, 5.74) is 6.37. The first kappa shape index (κ1) is 14.4. The van der Waals surface area contributed by atoms with Crippen molar-refractivity contribution in [1.29, 1.82) is 0 Å². The summed E-state index contributed by atoms with van der Waals surface area (Å²) in [5, 5.41) is 9.05. The minimum atomic E-state index is -3.53. The molecule has 7 heteroatoms. The van der Waals surface area contributed by atoms with Crippen LogP contribution in [0.15, 0.2) is 29.2 Å². The fourth-order valence-electron chi connectivity index (χ4n) is 1.97. The Hall–Kier alpha value is -0.990. The van der Waals surface area contributed by atoms with Gasteiger partial charge in [-0.15, -0.1) is 0 Å². The molecule has 1 atom stereocenters. The fraction of sp³-hybridized carbons (Fsp3) is 0.500. The first-order valence-electron chi connectivity index (χ1n) is 6.09. The van der Waals surface area contributed by atoms with Crippen LogP contribution in [0.1, 0.15) is 5.56 Å². The third-order valence-electron chi connectivity index (χ3n) is 3.10. The molecule has 1 aliphatic heterocycles. The van der Waals surface area contributed by atoms with Crippen LogP contribution in [0.4, 0.5) is 0 Å². The number of sulfonamides is 1. The van der Waals surface area contributed by atoms with Crippen LogP contribution < -0.4 is 5.73 Å². The third kappa shape index (κ3) is 3.13. The molecule has 1 unspecified atom stereocenters. The first-order valence-corrected chi connectivity index (χ1v) is 7.53. The molecule has 1 heterocycles. The first-order chi connectivity index (χ1) is 9.07. The van der Waals surface area contributed by atoms with Crippen molar-refractivity contribution in [3.8, 4) is 0 Å². The average Bonchev–Trinajstić information content (AvgIpc) is 2.47. The Bertz CT molecular complexity index is 515. The molecule has 0 saturated carbocycles. The van der Waals surface area contributed by atoms with Crippen molar-refractivity contribution in [2.45, 2.75) is 17.5 Å². The number of nitrogens with zero attached hydrogens (tertiary/aromatic N) is 1. The lowest BCUT2D eigenvalue weighted by Crippen LogP contribution is -2.46. The van der Waals surface area contributed by atoms with E-state index < -0.39 is 16.1 Å². The highest BCUT2D eigenvalue weighted by Crippen LogP contribution is 2.19. The summed E-state index contributed by atoms with van der Waals surface area (Å²) in [4.78, 5) is 0.239. The summed E-state index contributed by atoms with van der Waals surface area (Å²) < 4.78 is 31.4. The minimum absolute atomic E-state index is 0.178. The molecule has 1 saturated heterocycles. The maximum absolute atomic E-state index is 12.4. The SMILES string of the molecule is NCc1ccc(S(=O)(=O)N2CCOC(CO)C2)cc1. The highest BCUT2D eigenvalue weighted by Gasteiger charge is 2.30. The van der Waals surface area contributed by atoms with Crippen LogP contribution in [0.3, 0.4) is 0 Å². The number of nitrogens with two attached hydrogens (primary N) is 1. The lowest BCUT2D eigenvalue weighted by Gasteiger charge is -2.31. The number of aliphatic hydroxyl groups excluding tert-OH is 1. The summed E-state index contributed by atoms with van der Waals surface area (Å²) in [6.07, 6.45) is -0.452. The summed E-state index contributed by atoms with van der Waals surface area (Å²) in [6, 6.07) is 6.52. The number of aliphatic hydroxyl groups is 1. The standard InChI is InChI=1S/C12H18N2O4S/c13-7-10-1-3-12(4-2-10)19(16,17)14-5-6-18-11(8-14)9-15/h1-4,11,15H,5-9,13H2. The summed E-state index contributed by atoms with van der Waals surface area (Å²) in [7, 11) is -3.53. The maximum atomic E-state index is 12.4. The van der Waals surface area contributed by atoms with Gasteiger partial charge in [-0.3, -0.25) is 0 Å². The van der Waals surface area contributed by atoms with E-state index in [1.165, 1.54) is 4.31 Å². The van der Waals surface area contributed by atoms with Crippen LogP contribution in [0.2, 0.25) is 0 Å². The Kier molecular flexibility index (Phi) is 4.54. The van der Waals surface area contributed by atoms with Crippen molar-refractivity contribution in [2.24, 2.45) is 5.73 Å². The van der Waals surface area contributed by atoms with Crippen molar-refractivity contribution in [1.82, 2.24) is 4.31 Å². The second kappa shape index (κ2) is 5.98. The zero-order valence-electron chi connectivity index (χ0n) is 10.5. The van der Waals surface area contributed by atoms with Crippen molar-refractivity contribution in [3.05, 3.63) is 29.8 Å². The topological polar surface area (TPSA) is 92.9 Å². The van der Waals surface area contributed by atoms with Crippen LogP contribution in [0, 0.1) is 0 Å². The lowest BCUT2D eigenvalue weighted by atomic mass is 10.2. The molecular weight excluding hydrogens is 268 g/mol. The van der Waals surface area contributed by atoms with E-state index in [4.69, 9.17) is 15.6 Å². The number of hydrogen-bond donors (Lipinski definition) is 2. The molecule has 0 aliphatic carbocycles. The van der Waals surface area contributed by atoms with Crippen LogP contribution in [-0.2, 0) is 21.3 Å². The van der Waals surface area contributed by atoms with Crippen molar-refractivity contribution >= 4 is 10.0 Å². The second-order valence-electron chi connectivity index (χ2n) is 4.39. The van der Waals surface area contributed by atoms with Gasteiger partial charge < -0.3 is 15.6 Å². The molecule has 19 heavy (non-hydrogen) atoms. The number of ether oxygens (including phenoxy) is 1. The predicted octanol–water partition coefficient (Wildman–Crippen LogP) is -0.473. The number of benzene rings is 1. The van der Waals surface area contributed by atoms with E-state index in [0.717, 1.165) is 5.56 Å². The van der Waals surface area contributed by atoms with E-state index >= 15 is 0 Å². The van der Waals surface area contributed by atoms with Gasteiger partial charge in [-0.1, -0.05) is 12.1 Å². The largest absolute Gasteiger partial charge is 0.394 e. The van der Waals surface area contributed by atoms with Crippen molar-refractivity contribution < 1.29 is 18.3 Å². The van der Waals surface area contributed by atoms with Gasteiger partial charge in [0.05, 0.1) is 24.2 Å². The summed E-state index contributed by atoms with van der Waals surface area (Å²) in [5.74, 6) is 0. The molecule has 106 valence electrons. The van der Waals surface area contributed by atoms with Crippen LogP contribution in [0.25, 0.3) is 0 Å². The van der Waals surface area contributed by atoms with E-state index in [1.807, 2.05) is 0 Å². The molecule has 0 bridgehead atoms. The second-order valence-corrected chi connectivity index (χ2v) is 6.32. The fourth-order valence-corrected chi connectivity index (χ4v) is 3.42. The molecule has 0 amide bonds. The number of morpholine rings is 1. The number of rotatable bonds is 4. The van der Waals surface area contributed by atoms with Gasteiger partial charge in [0, 0.05) is 19.6 Å². The molecule has 6 nitrogen and oxygen atoms in total. The molecule has 3 N–H and O–H groups in total. The lowest BCUT2D eigenvalue weighted by molar-refractivity contribution is -0.0304. The molecular formula is C12H18N2O4S. The Balaban J connectivity index is 2.20. The van der Waals surface area contributed by atoms with Crippen molar-refractivity contribution in [2.75, 3.05) is 26.3 Å². The Morgan fingerprint density at radius 2 is 2.05 bits per heavy atom. The van der Waals surface area contributed by atoms with Gasteiger partial charge in [0.15, 0.2) is 0 Å². The highest BCUT2D eigenvalue weighted by atomic mass is 32.2. The van der Waals surface area contributed by atoms with Crippen LogP contribution in [0.5, 0.6) is 0 Å². The molecule has 0 aromatic heterocycles. The maximum Gasteiger partial charge on any atom is 0.243 e. The Morgan fingerprint density at radius 1 is 1.37 bits per heavy atom. The van der Waals surface area contributed by atoms with Gasteiger partial charge in [-0.05, 0) is 17.7 Å². The third-order valence-corrected chi connectivity index (χ3v) is 4.98.